The normalized spacial score (nSPS) is 9.96. The second-order valence-electron chi connectivity index (χ2n) is 4.41. The number of hydrogen-bond donors (Lipinski definition) is 3. The van der Waals surface area contributed by atoms with E-state index in [0.29, 0.717) is 0 Å². The molecule has 0 atom stereocenters. The molecule has 116 valence electrons. The highest BCUT2D eigenvalue weighted by Gasteiger charge is 2.23. The van der Waals surface area contributed by atoms with Gasteiger partial charge in [-0.05, 0) is 17.7 Å². The third-order valence-corrected chi connectivity index (χ3v) is 3.33. The molecule has 2 rings (SSSR count). The molecule has 0 aliphatic rings. The first-order chi connectivity index (χ1) is 10.9. The van der Waals surface area contributed by atoms with Crippen molar-refractivity contribution in [3.63, 3.8) is 0 Å². The van der Waals surface area contributed by atoms with Crippen molar-refractivity contribution in [1.29, 1.82) is 0 Å². The van der Waals surface area contributed by atoms with Gasteiger partial charge in [0.15, 0.2) is 11.6 Å². The fourth-order valence-electron chi connectivity index (χ4n) is 2.03. The second-order valence-corrected chi connectivity index (χ2v) is 4.79. The number of nitrogens with zero attached hydrogens (tertiary/aromatic N) is 2. The van der Waals surface area contributed by atoms with E-state index < -0.39 is 23.4 Å². The van der Waals surface area contributed by atoms with E-state index >= 15 is 0 Å². The van der Waals surface area contributed by atoms with Gasteiger partial charge in [-0.25, -0.2) is 9.24 Å². The van der Waals surface area contributed by atoms with E-state index in [-0.39, 0.29) is 27.4 Å². The number of benzene rings is 2. The molecule has 0 aliphatic heterocycles. The molecule has 0 bridgehead atoms. The van der Waals surface area contributed by atoms with Crippen molar-refractivity contribution in [2.24, 2.45) is 16.5 Å². The van der Waals surface area contributed by atoms with Crippen LogP contribution in [-0.4, -0.2) is 17.0 Å². The lowest BCUT2D eigenvalue weighted by molar-refractivity contribution is 0.100. The zero-order valence-electron chi connectivity index (χ0n) is 11.5. The molecule has 23 heavy (non-hydrogen) atoms. The second kappa shape index (κ2) is 6.34. The summed E-state index contributed by atoms with van der Waals surface area (Å²) in [5.41, 5.74) is 10.0. The minimum Gasteiger partial charge on any atom is -0.507 e. The first kappa shape index (κ1) is 16.3. The van der Waals surface area contributed by atoms with E-state index in [9.17, 15) is 14.3 Å². The van der Waals surface area contributed by atoms with Crippen molar-refractivity contribution < 1.29 is 14.3 Å². The predicted molar refractivity (Wildman–Crippen MR) is 84.9 cm³/mol. The van der Waals surface area contributed by atoms with Crippen LogP contribution in [0.5, 0.6) is 5.75 Å². The Balaban J connectivity index is 2.88. The van der Waals surface area contributed by atoms with Crippen molar-refractivity contribution in [2.75, 3.05) is 0 Å². The molecular formula is C15H10ClFN4O2. The molecule has 0 aliphatic carbocycles. The number of rotatable bonds is 2. The van der Waals surface area contributed by atoms with Crippen LogP contribution in [0.3, 0.4) is 0 Å². The van der Waals surface area contributed by atoms with Crippen molar-refractivity contribution in [3.8, 4) is 16.9 Å². The van der Waals surface area contributed by atoms with Crippen LogP contribution in [0.4, 0.5) is 10.1 Å². The van der Waals surface area contributed by atoms with Gasteiger partial charge in [0.05, 0.1) is 17.2 Å². The number of phenolic OH excluding ortho intramolecular Hbond substituents is 1. The van der Waals surface area contributed by atoms with Crippen LogP contribution in [0.25, 0.3) is 16.0 Å². The molecular weight excluding hydrogens is 323 g/mol. The number of aromatic hydroxyl groups is 1. The maximum Gasteiger partial charge on any atom is 0.283 e. The molecule has 2 aromatic carbocycles. The summed E-state index contributed by atoms with van der Waals surface area (Å²) in [7, 11) is 0. The van der Waals surface area contributed by atoms with Gasteiger partial charge in [-0.2, -0.15) is 4.99 Å². The number of amides is 1. The molecule has 0 saturated heterocycles. The SMILES string of the molecule is [C-]#[N+]c1ccc(O)c(C(=O)N=C(N)N)c1-c1cccc(F)c1Cl. The summed E-state index contributed by atoms with van der Waals surface area (Å²) in [5, 5.41) is 9.71. The maximum atomic E-state index is 13.7. The Morgan fingerprint density at radius 1 is 1.30 bits per heavy atom. The van der Waals surface area contributed by atoms with Gasteiger partial charge in [0.1, 0.15) is 11.6 Å². The number of phenols is 1. The van der Waals surface area contributed by atoms with E-state index in [4.69, 9.17) is 29.6 Å². The Morgan fingerprint density at radius 3 is 2.61 bits per heavy atom. The minimum absolute atomic E-state index is 0.00978. The number of hydrogen-bond acceptors (Lipinski definition) is 2. The van der Waals surface area contributed by atoms with Crippen molar-refractivity contribution in [3.05, 3.63) is 58.2 Å². The summed E-state index contributed by atoms with van der Waals surface area (Å²) in [5.74, 6) is -2.67. The molecule has 0 heterocycles. The highest BCUT2D eigenvalue weighted by molar-refractivity contribution is 6.34. The summed E-state index contributed by atoms with van der Waals surface area (Å²) in [4.78, 5) is 18.8. The standard InChI is InChI=1S/C15H10ClFN4O2/c1-20-9-5-6-10(22)12(14(23)21-15(18)19)11(9)7-3-2-4-8(17)13(7)16/h2-6,22H,(H4,18,19,21,23). The van der Waals surface area contributed by atoms with Crippen molar-refractivity contribution in [2.45, 2.75) is 0 Å². The third-order valence-electron chi connectivity index (χ3n) is 2.95. The number of carbonyl (C=O) groups excluding carboxylic acids is 1. The predicted octanol–water partition coefficient (Wildman–Crippen LogP) is 2.82. The van der Waals surface area contributed by atoms with Crippen LogP contribution < -0.4 is 11.5 Å². The first-order valence-electron chi connectivity index (χ1n) is 6.18. The van der Waals surface area contributed by atoms with Crippen LogP contribution in [0.15, 0.2) is 35.3 Å². The Bertz CT molecular complexity index is 871. The number of halogens is 2. The zero-order valence-corrected chi connectivity index (χ0v) is 12.3. The zero-order chi connectivity index (χ0) is 17.1. The first-order valence-corrected chi connectivity index (χ1v) is 6.56. The van der Waals surface area contributed by atoms with Gasteiger partial charge in [-0.15, -0.1) is 0 Å². The molecule has 5 N–H and O–H groups in total. The Hall–Kier alpha value is -3.11. The number of aliphatic imine (C=N–C) groups is 1. The van der Waals surface area contributed by atoms with E-state index in [1.165, 1.54) is 18.2 Å². The molecule has 2 aromatic rings. The van der Waals surface area contributed by atoms with Crippen LogP contribution in [0.1, 0.15) is 10.4 Å². The Kier molecular flexibility index (Phi) is 4.48. The van der Waals surface area contributed by atoms with Gasteiger partial charge in [0.2, 0.25) is 0 Å². The topological polar surface area (TPSA) is 106 Å². The minimum atomic E-state index is -0.969. The summed E-state index contributed by atoms with van der Waals surface area (Å²) in [6.45, 7) is 7.22. The van der Waals surface area contributed by atoms with E-state index in [0.717, 1.165) is 12.1 Å². The Labute approximate surface area is 135 Å². The highest BCUT2D eigenvalue weighted by Crippen LogP contribution is 2.42. The lowest BCUT2D eigenvalue weighted by Crippen LogP contribution is -2.24. The number of nitrogens with two attached hydrogens (primary N) is 2. The van der Waals surface area contributed by atoms with Crippen LogP contribution in [0, 0.1) is 12.4 Å². The van der Waals surface area contributed by atoms with E-state index in [1.54, 1.807) is 0 Å². The molecule has 0 saturated carbocycles. The average Bonchev–Trinajstić information content (AvgIpc) is 2.49. The fraction of sp³-hybridized carbons (Fsp3) is 0. The van der Waals surface area contributed by atoms with Gasteiger partial charge in [0.25, 0.3) is 5.91 Å². The molecule has 0 aromatic heterocycles. The molecule has 0 fully saturated rings. The smallest absolute Gasteiger partial charge is 0.283 e. The number of carbonyl (C=O) groups is 1. The largest absolute Gasteiger partial charge is 0.507 e. The highest BCUT2D eigenvalue weighted by atomic mass is 35.5. The van der Waals surface area contributed by atoms with Crippen LogP contribution >= 0.6 is 11.6 Å². The lowest BCUT2D eigenvalue weighted by Gasteiger charge is -2.13. The van der Waals surface area contributed by atoms with Crippen LogP contribution in [-0.2, 0) is 0 Å². The third kappa shape index (κ3) is 3.07. The molecule has 0 unspecified atom stereocenters. The van der Waals surface area contributed by atoms with Gasteiger partial charge in [-0.3, -0.25) is 4.79 Å². The summed E-state index contributed by atoms with van der Waals surface area (Å²) < 4.78 is 13.7. The van der Waals surface area contributed by atoms with Gasteiger partial charge in [0, 0.05) is 5.56 Å². The number of guanidine groups is 1. The van der Waals surface area contributed by atoms with Gasteiger partial charge < -0.3 is 16.6 Å². The Morgan fingerprint density at radius 2 is 2.00 bits per heavy atom. The van der Waals surface area contributed by atoms with E-state index in [1.807, 2.05) is 0 Å². The molecule has 0 spiro atoms. The van der Waals surface area contributed by atoms with E-state index in [2.05, 4.69) is 9.84 Å². The maximum absolute atomic E-state index is 13.7. The molecule has 8 heteroatoms. The summed E-state index contributed by atoms with van der Waals surface area (Å²) >= 11 is 5.94. The quantitative estimate of drug-likeness (QED) is 0.446. The fourth-order valence-corrected chi connectivity index (χ4v) is 2.25. The molecule has 1 amide bonds. The van der Waals surface area contributed by atoms with Crippen molar-refractivity contribution in [1.82, 2.24) is 0 Å². The monoisotopic (exact) mass is 332 g/mol. The van der Waals surface area contributed by atoms with Crippen molar-refractivity contribution >= 4 is 29.2 Å². The summed E-state index contributed by atoms with van der Waals surface area (Å²) in [6.07, 6.45) is 0. The van der Waals surface area contributed by atoms with Crippen LogP contribution in [0.2, 0.25) is 5.02 Å². The van der Waals surface area contributed by atoms with Gasteiger partial charge >= 0.3 is 0 Å². The lowest BCUT2D eigenvalue weighted by atomic mass is 9.96. The molecule has 0 radical (unpaired) electrons. The van der Waals surface area contributed by atoms with Gasteiger partial charge in [-0.1, -0.05) is 29.8 Å². The average molecular weight is 333 g/mol. The summed E-state index contributed by atoms with van der Waals surface area (Å²) in [6, 6.07) is 6.35. The molecule has 6 nitrogen and oxygen atoms in total.